The molecule has 132 valence electrons. The van der Waals surface area contributed by atoms with E-state index in [1.54, 1.807) is 12.1 Å². The van der Waals surface area contributed by atoms with Gasteiger partial charge in [-0.3, -0.25) is 0 Å². The second kappa shape index (κ2) is 9.17. The van der Waals surface area contributed by atoms with Crippen molar-refractivity contribution >= 4 is 11.0 Å². The van der Waals surface area contributed by atoms with Crippen LogP contribution in [0.25, 0.3) is 11.0 Å². The molecule has 6 nitrogen and oxygen atoms in total. The minimum Gasteiger partial charge on any atom is -0.504 e. The van der Waals surface area contributed by atoms with E-state index < -0.39 is 5.63 Å². The second-order valence-corrected chi connectivity index (χ2v) is 5.56. The van der Waals surface area contributed by atoms with E-state index in [0.29, 0.717) is 17.7 Å². The Morgan fingerprint density at radius 3 is 2.62 bits per heavy atom. The van der Waals surface area contributed by atoms with E-state index >= 15 is 0 Å². The molecule has 1 heterocycles. The second-order valence-electron chi connectivity index (χ2n) is 5.56. The van der Waals surface area contributed by atoms with Crippen LogP contribution in [-0.4, -0.2) is 30.0 Å². The standard InChI is InChI=1S/C18H24O6/c1-2-3-4-5-6-10-23-17-16(20)14-12-13(22-11-9-19)7-8-15(14)24-18(17)21/h7-8,12,19-20H,2-6,9-11H2,1H3. The Hall–Kier alpha value is -2.21. The van der Waals surface area contributed by atoms with Crippen LogP contribution in [0.15, 0.2) is 27.4 Å². The zero-order valence-corrected chi connectivity index (χ0v) is 13.9. The van der Waals surface area contributed by atoms with Gasteiger partial charge in [-0.05, 0) is 24.6 Å². The third-order valence-electron chi connectivity index (χ3n) is 3.66. The lowest BCUT2D eigenvalue weighted by atomic mass is 10.2. The van der Waals surface area contributed by atoms with Gasteiger partial charge in [0, 0.05) is 0 Å². The summed E-state index contributed by atoms with van der Waals surface area (Å²) in [4.78, 5) is 12.0. The molecule has 0 aliphatic carbocycles. The molecule has 0 saturated heterocycles. The summed E-state index contributed by atoms with van der Waals surface area (Å²) >= 11 is 0. The Labute approximate surface area is 140 Å². The van der Waals surface area contributed by atoms with E-state index in [9.17, 15) is 9.90 Å². The first-order valence-electron chi connectivity index (χ1n) is 8.33. The highest BCUT2D eigenvalue weighted by Crippen LogP contribution is 2.33. The van der Waals surface area contributed by atoms with Crippen molar-refractivity contribution in [3.8, 4) is 17.2 Å². The molecule has 2 N–H and O–H groups in total. The zero-order valence-electron chi connectivity index (χ0n) is 13.9. The highest BCUT2D eigenvalue weighted by molar-refractivity contribution is 5.86. The van der Waals surface area contributed by atoms with Crippen molar-refractivity contribution in [3.05, 3.63) is 28.6 Å². The number of ether oxygens (including phenoxy) is 2. The van der Waals surface area contributed by atoms with Crippen LogP contribution < -0.4 is 15.1 Å². The molecular weight excluding hydrogens is 312 g/mol. The number of rotatable bonds is 10. The molecule has 0 aliphatic heterocycles. The topological polar surface area (TPSA) is 89.1 Å². The smallest absolute Gasteiger partial charge is 0.383 e. The van der Waals surface area contributed by atoms with Gasteiger partial charge in [0.2, 0.25) is 5.75 Å². The summed E-state index contributed by atoms with van der Waals surface area (Å²) in [6, 6.07) is 4.70. The molecule has 0 bridgehead atoms. The highest BCUT2D eigenvalue weighted by Gasteiger charge is 2.16. The number of hydrogen-bond acceptors (Lipinski definition) is 6. The first-order valence-corrected chi connectivity index (χ1v) is 8.33. The van der Waals surface area contributed by atoms with Crippen LogP contribution in [0.4, 0.5) is 0 Å². The average molecular weight is 336 g/mol. The maximum atomic E-state index is 12.0. The lowest BCUT2D eigenvalue weighted by molar-refractivity contribution is 0.201. The van der Waals surface area contributed by atoms with Crippen molar-refractivity contribution in [2.75, 3.05) is 19.8 Å². The lowest BCUT2D eigenvalue weighted by Gasteiger charge is -2.10. The maximum Gasteiger partial charge on any atom is 0.383 e. The molecular formula is C18H24O6. The number of benzene rings is 1. The molecule has 0 atom stereocenters. The van der Waals surface area contributed by atoms with E-state index in [4.69, 9.17) is 19.0 Å². The van der Waals surface area contributed by atoms with E-state index in [1.807, 2.05) is 0 Å². The van der Waals surface area contributed by atoms with Crippen LogP contribution in [0.3, 0.4) is 0 Å². The van der Waals surface area contributed by atoms with Crippen molar-refractivity contribution in [2.24, 2.45) is 0 Å². The molecule has 2 rings (SSSR count). The molecule has 0 amide bonds. The van der Waals surface area contributed by atoms with Gasteiger partial charge in [0.15, 0.2) is 5.75 Å². The third-order valence-corrected chi connectivity index (χ3v) is 3.66. The normalized spacial score (nSPS) is 10.9. The number of hydrogen-bond donors (Lipinski definition) is 2. The molecule has 24 heavy (non-hydrogen) atoms. The highest BCUT2D eigenvalue weighted by atomic mass is 16.5. The Morgan fingerprint density at radius 1 is 1.08 bits per heavy atom. The molecule has 1 aromatic carbocycles. The van der Waals surface area contributed by atoms with Crippen molar-refractivity contribution in [2.45, 2.75) is 39.0 Å². The number of aromatic hydroxyl groups is 1. The maximum absolute atomic E-state index is 12.0. The van der Waals surface area contributed by atoms with Crippen molar-refractivity contribution in [1.82, 2.24) is 0 Å². The number of unbranched alkanes of at least 4 members (excludes halogenated alkanes) is 4. The largest absolute Gasteiger partial charge is 0.504 e. The fourth-order valence-electron chi connectivity index (χ4n) is 2.41. The average Bonchev–Trinajstić information content (AvgIpc) is 2.58. The summed E-state index contributed by atoms with van der Waals surface area (Å²) in [5, 5.41) is 19.5. The summed E-state index contributed by atoms with van der Waals surface area (Å²) in [5.74, 6) is 0.0489. The molecule has 0 saturated carbocycles. The molecule has 2 aromatic rings. The van der Waals surface area contributed by atoms with Crippen molar-refractivity contribution in [3.63, 3.8) is 0 Å². The predicted molar refractivity (Wildman–Crippen MR) is 91.0 cm³/mol. The Morgan fingerprint density at radius 2 is 1.88 bits per heavy atom. The predicted octanol–water partition coefficient (Wildman–Crippen LogP) is 3.22. The van der Waals surface area contributed by atoms with Gasteiger partial charge in [0.25, 0.3) is 0 Å². The van der Waals surface area contributed by atoms with Gasteiger partial charge in [0.1, 0.15) is 17.9 Å². The monoisotopic (exact) mass is 336 g/mol. The summed E-state index contributed by atoms with van der Waals surface area (Å²) in [7, 11) is 0. The van der Waals surface area contributed by atoms with Gasteiger partial charge in [-0.15, -0.1) is 0 Å². The molecule has 0 spiro atoms. The van der Waals surface area contributed by atoms with Gasteiger partial charge >= 0.3 is 5.63 Å². The van der Waals surface area contributed by atoms with Crippen molar-refractivity contribution in [1.29, 1.82) is 0 Å². The number of fused-ring (bicyclic) bond motifs is 1. The SMILES string of the molecule is CCCCCCCOc1c(O)c2cc(OCCO)ccc2oc1=O. The summed E-state index contributed by atoms with van der Waals surface area (Å²) < 4.78 is 15.9. The number of aliphatic hydroxyl groups is 1. The lowest BCUT2D eigenvalue weighted by Crippen LogP contribution is -2.09. The van der Waals surface area contributed by atoms with Gasteiger partial charge < -0.3 is 24.1 Å². The van der Waals surface area contributed by atoms with Crippen LogP contribution in [-0.2, 0) is 0 Å². The van der Waals surface area contributed by atoms with Crippen LogP contribution in [0.5, 0.6) is 17.2 Å². The summed E-state index contributed by atoms with van der Waals surface area (Å²) in [5.41, 5.74) is -0.443. The van der Waals surface area contributed by atoms with Gasteiger partial charge in [-0.1, -0.05) is 32.6 Å². The van der Waals surface area contributed by atoms with E-state index in [2.05, 4.69) is 6.92 Å². The molecule has 0 fully saturated rings. The molecule has 0 aliphatic rings. The minimum absolute atomic E-state index is 0.111. The van der Waals surface area contributed by atoms with E-state index in [-0.39, 0.29) is 30.3 Å². The summed E-state index contributed by atoms with van der Waals surface area (Å²) in [6.07, 6.45) is 5.31. The first kappa shape index (κ1) is 18.1. The van der Waals surface area contributed by atoms with Crippen LogP contribution in [0, 0.1) is 0 Å². The zero-order chi connectivity index (χ0) is 17.4. The fraction of sp³-hybridized carbons (Fsp3) is 0.500. The summed E-state index contributed by atoms with van der Waals surface area (Å²) in [6.45, 7) is 2.53. The van der Waals surface area contributed by atoms with E-state index in [0.717, 1.165) is 25.7 Å². The Kier molecular flexibility index (Phi) is 6.93. The van der Waals surface area contributed by atoms with Gasteiger partial charge in [-0.25, -0.2) is 4.79 Å². The van der Waals surface area contributed by atoms with Crippen LogP contribution in [0.2, 0.25) is 0 Å². The third kappa shape index (κ3) is 4.64. The number of aliphatic hydroxyl groups excluding tert-OH is 1. The molecule has 6 heteroatoms. The van der Waals surface area contributed by atoms with Crippen molar-refractivity contribution < 1.29 is 24.1 Å². The minimum atomic E-state index is -0.697. The van der Waals surface area contributed by atoms with Gasteiger partial charge in [-0.2, -0.15) is 0 Å². The molecule has 0 radical (unpaired) electrons. The van der Waals surface area contributed by atoms with Crippen LogP contribution in [0.1, 0.15) is 39.0 Å². The fourth-order valence-corrected chi connectivity index (χ4v) is 2.41. The Bertz CT molecular complexity index is 706. The van der Waals surface area contributed by atoms with Gasteiger partial charge in [0.05, 0.1) is 18.6 Å². The Balaban J connectivity index is 2.12. The first-order chi connectivity index (χ1) is 11.7. The van der Waals surface area contributed by atoms with E-state index in [1.165, 1.54) is 12.5 Å². The quantitative estimate of drug-likeness (QED) is 0.511. The van der Waals surface area contributed by atoms with Crippen LogP contribution >= 0.6 is 0 Å². The molecule has 1 aromatic heterocycles. The molecule has 0 unspecified atom stereocenters.